The number of hydrogen-bond donors (Lipinski definition) is 3. The average Bonchev–Trinajstić information content (AvgIpc) is 3.36. The van der Waals surface area contributed by atoms with Gasteiger partial charge in [-0.05, 0) is 41.7 Å². The minimum atomic E-state index is -0.858. The van der Waals surface area contributed by atoms with Gasteiger partial charge in [-0.3, -0.25) is 9.59 Å². The number of benzene rings is 1. The lowest BCUT2D eigenvalue weighted by Crippen LogP contribution is -2.56. The summed E-state index contributed by atoms with van der Waals surface area (Å²) in [6.07, 6.45) is 0.591. The van der Waals surface area contributed by atoms with Crippen LogP contribution in [0.4, 0.5) is 0 Å². The largest absolute Gasteiger partial charge is 0.481 e. The number of aromatic nitrogens is 1. The molecule has 1 aromatic carbocycles. The highest BCUT2D eigenvalue weighted by Crippen LogP contribution is 2.35. The number of carbonyl (C=O) groups excluding carboxylic acids is 1. The monoisotopic (exact) mass is 472 g/mol. The normalized spacial score (nSPS) is 21.6. The minimum absolute atomic E-state index is 0.0173. The number of hydrogen-bond acceptors (Lipinski definition) is 6. The summed E-state index contributed by atoms with van der Waals surface area (Å²) in [7, 11) is 0. The summed E-state index contributed by atoms with van der Waals surface area (Å²) in [6, 6.07) is 7.06. The number of carboxylic acid groups (broad SMARTS) is 1. The van der Waals surface area contributed by atoms with Crippen molar-refractivity contribution in [2.75, 3.05) is 6.54 Å². The van der Waals surface area contributed by atoms with Crippen molar-refractivity contribution < 1.29 is 14.7 Å². The second-order valence-electron chi connectivity index (χ2n) is 10.4. The predicted molar refractivity (Wildman–Crippen MR) is 132 cm³/mol. The highest BCUT2D eigenvalue weighted by molar-refractivity contribution is 7.13. The maximum atomic E-state index is 13.3. The first kappa shape index (κ1) is 25.3. The zero-order valence-electron chi connectivity index (χ0n) is 20.1. The van der Waals surface area contributed by atoms with Crippen molar-refractivity contribution in [1.82, 2.24) is 9.88 Å². The number of likely N-dealkylation sites (tertiary alicyclic amines) is 1. The van der Waals surface area contributed by atoms with Gasteiger partial charge in [0.2, 0.25) is 5.91 Å². The van der Waals surface area contributed by atoms with Gasteiger partial charge < -0.3 is 21.5 Å². The lowest BCUT2D eigenvalue weighted by Gasteiger charge is -2.37. The summed E-state index contributed by atoms with van der Waals surface area (Å²) >= 11 is 1.62. The van der Waals surface area contributed by atoms with Crippen LogP contribution in [-0.4, -0.2) is 51.5 Å². The van der Waals surface area contributed by atoms with Crippen LogP contribution in [0.5, 0.6) is 0 Å². The van der Waals surface area contributed by atoms with Crippen LogP contribution in [0.3, 0.4) is 0 Å². The Morgan fingerprint density at radius 2 is 1.88 bits per heavy atom. The Balaban J connectivity index is 1.82. The van der Waals surface area contributed by atoms with E-state index in [0.717, 1.165) is 21.7 Å². The average molecular weight is 473 g/mol. The van der Waals surface area contributed by atoms with Gasteiger partial charge in [0.1, 0.15) is 0 Å². The summed E-state index contributed by atoms with van der Waals surface area (Å²) in [5.41, 5.74) is 17.7. The summed E-state index contributed by atoms with van der Waals surface area (Å²) in [4.78, 5) is 31.9. The van der Waals surface area contributed by atoms with Crippen LogP contribution in [0.15, 0.2) is 29.8 Å². The second-order valence-corrected chi connectivity index (χ2v) is 11.2. The van der Waals surface area contributed by atoms with Crippen molar-refractivity contribution >= 4 is 23.2 Å². The Morgan fingerprint density at radius 3 is 2.39 bits per heavy atom. The first-order valence-electron chi connectivity index (χ1n) is 11.4. The molecular weight excluding hydrogens is 436 g/mol. The van der Waals surface area contributed by atoms with E-state index in [1.807, 2.05) is 33.2 Å². The molecule has 8 heteroatoms. The van der Waals surface area contributed by atoms with Gasteiger partial charge in [-0.25, -0.2) is 4.98 Å². The van der Waals surface area contributed by atoms with E-state index < -0.39 is 17.4 Å². The number of thiazole rings is 1. The fourth-order valence-electron chi connectivity index (χ4n) is 4.59. The Bertz CT molecular complexity index is 982. The first-order valence-corrected chi connectivity index (χ1v) is 12.3. The van der Waals surface area contributed by atoms with Crippen molar-refractivity contribution in [3.63, 3.8) is 0 Å². The van der Waals surface area contributed by atoms with Crippen LogP contribution in [0.25, 0.3) is 10.4 Å². The molecule has 1 fully saturated rings. The summed E-state index contributed by atoms with van der Waals surface area (Å²) < 4.78 is 0. The van der Waals surface area contributed by atoms with Crippen LogP contribution in [-0.2, 0) is 9.59 Å². The molecule has 7 nitrogen and oxygen atoms in total. The standard InChI is InChI=1S/C25H36N4O3S/c1-14(17-6-8-18(9-7-17)22-15(2)28-13-33-22)21(26)19-10-16(11-20(30)31)12-29(19)24(32)23(27)25(3,4)5/h6-9,13-14,16,19,21,23H,10-12,26-27H2,1-5H3,(H,30,31)/t14-,16+,19-,21?,23+/m0/s1. The van der Waals surface area contributed by atoms with Crippen molar-refractivity contribution in [3.8, 4) is 10.4 Å². The second kappa shape index (κ2) is 9.91. The van der Waals surface area contributed by atoms with Crippen LogP contribution in [0.1, 0.15) is 57.7 Å². The molecule has 0 radical (unpaired) electrons. The molecule has 1 unspecified atom stereocenters. The molecule has 0 bridgehead atoms. The fraction of sp³-hybridized carbons (Fsp3) is 0.560. The fourth-order valence-corrected chi connectivity index (χ4v) is 5.40. The van der Waals surface area contributed by atoms with Gasteiger partial charge in [0.15, 0.2) is 0 Å². The van der Waals surface area contributed by atoms with E-state index in [9.17, 15) is 14.7 Å². The summed E-state index contributed by atoms with van der Waals surface area (Å²) in [5, 5.41) is 9.31. The molecule has 33 heavy (non-hydrogen) atoms. The number of nitrogens with zero attached hydrogens (tertiary/aromatic N) is 2. The van der Waals surface area contributed by atoms with Gasteiger partial charge in [-0.1, -0.05) is 52.0 Å². The number of aryl methyl sites for hydroxylation is 1. The number of nitrogens with two attached hydrogens (primary N) is 2. The third kappa shape index (κ3) is 5.62. The molecule has 1 amide bonds. The van der Waals surface area contributed by atoms with Crippen molar-refractivity contribution in [1.29, 1.82) is 0 Å². The van der Waals surface area contributed by atoms with Gasteiger partial charge in [0, 0.05) is 25.0 Å². The highest BCUT2D eigenvalue weighted by Gasteiger charge is 2.44. The van der Waals surface area contributed by atoms with Crippen molar-refractivity contribution in [3.05, 3.63) is 41.0 Å². The molecule has 1 aliphatic heterocycles. The third-order valence-electron chi connectivity index (χ3n) is 6.84. The molecule has 5 atom stereocenters. The molecule has 1 aromatic heterocycles. The SMILES string of the molecule is Cc1ncsc1-c1ccc([C@H](C)C(N)[C@@H]2C[C@H](CC(=O)O)CN2C(=O)[C@@H](N)C(C)(C)C)cc1. The van der Waals surface area contributed by atoms with E-state index in [1.54, 1.807) is 16.2 Å². The Kier molecular flexibility index (Phi) is 7.61. The number of carboxylic acids is 1. The molecule has 3 rings (SSSR count). The van der Waals surface area contributed by atoms with Gasteiger partial charge in [-0.2, -0.15) is 0 Å². The molecule has 0 spiro atoms. The number of rotatable bonds is 7. The highest BCUT2D eigenvalue weighted by atomic mass is 32.1. The van der Waals surface area contributed by atoms with Gasteiger partial charge >= 0.3 is 5.97 Å². The maximum absolute atomic E-state index is 13.3. The smallest absolute Gasteiger partial charge is 0.303 e. The van der Waals surface area contributed by atoms with E-state index in [2.05, 4.69) is 36.2 Å². The van der Waals surface area contributed by atoms with Gasteiger partial charge in [0.05, 0.1) is 22.1 Å². The topological polar surface area (TPSA) is 123 Å². The number of amides is 1. The maximum Gasteiger partial charge on any atom is 0.303 e. The van der Waals surface area contributed by atoms with E-state index >= 15 is 0 Å². The van der Waals surface area contributed by atoms with E-state index in [0.29, 0.717) is 13.0 Å². The summed E-state index contributed by atoms with van der Waals surface area (Å²) in [5.74, 6) is -1.15. The van der Waals surface area contributed by atoms with E-state index in [-0.39, 0.29) is 36.2 Å². The first-order chi connectivity index (χ1) is 15.4. The molecule has 5 N–H and O–H groups in total. The van der Waals surface area contributed by atoms with E-state index in [1.165, 1.54) is 0 Å². The minimum Gasteiger partial charge on any atom is -0.481 e. The zero-order chi connectivity index (χ0) is 24.5. The summed E-state index contributed by atoms with van der Waals surface area (Å²) in [6.45, 7) is 10.2. The molecule has 1 aliphatic rings. The number of carbonyl (C=O) groups is 2. The molecular formula is C25H36N4O3S. The molecule has 2 aromatic rings. The quantitative estimate of drug-likeness (QED) is 0.566. The van der Waals surface area contributed by atoms with Crippen molar-refractivity contribution in [2.45, 2.75) is 71.5 Å². The number of aliphatic carboxylic acids is 1. The van der Waals surface area contributed by atoms with Crippen LogP contribution < -0.4 is 11.5 Å². The van der Waals surface area contributed by atoms with E-state index in [4.69, 9.17) is 11.5 Å². The molecule has 0 aliphatic carbocycles. The molecule has 2 heterocycles. The van der Waals surface area contributed by atoms with Crippen molar-refractivity contribution in [2.24, 2.45) is 22.8 Å². The van der Waals surface area contributed by atoms with Crippen LogP contribution in [0.2, 0.25) is 0 Å². The lowest BCUT2D eigenvalue weighted by atomic mass is 9.84. The lowest BCUT2D eigenvalue weighted by molar-refractivity contribution is -0.139. The third-order valence-corrected chi connectivity index (χ3v) is 7.82. The Labute approximate surface area is 200 Å². The van der Waals surface area contributed by atoms with Gasteiger partial charge in [-0.15, -0.1) is 11.3 Å². The van der Waals surface area contributed by atoms with Crippen LogP contribution in [0, 0.1) is 18.3 Å². The Morgan fingerprint density at radius 1 is 1.24 bits per heavy atom. The zero-order valence-corrected chi connectivity index (χ0v) is 20.9. The Hall–Kier alpha value is -2.29. The molecule has 180 valence electrons. The van der Waals surface area contributed by atoms with Crippen LogP contribution >= 0.6 is 11.3 Å². The molecule has 0 saturated carbocycles. The van der Waals surface area contributed by atoms with Gasteiger partial charge in [0.25, 0.3) is 0 Å². The predicted octanol–water partition coefficient (Wildman–Crippen LogP) is 3.61. The molecule has 1 saturated heterocycles.